The predicted molar refractivity (Wildman–Crippen MR) is 109 cm³/mol. The van der Waals surface area contributed by atoms with Crippen molar-refractivity contribution in [2.75, 3.05) is 0 Å². The molecule has 14 heteroatoms. The SMILES string of the molecule is [C-]#[N+]C1(N([B]C=O)S(=O)(=O)c2cc3c(=O)n(Cc4cnn(C)c4)c(=O)[nH]c3s2)CC1. The Morgan fingerprint density at radius 3 is 2.77 bits per heavy atom. The number of aromatic nitrogens is 4. The predicted octanol–water partition coefficient (Wildman–Crippen LogP) is -0.257. The number of carbonyl (C=O) groups excluding carboxylic acids is 1. The van der Waals surface area contributed by atoms with E-state index in [1.807, 2.05) is 0 Å². The summed E-state index contributed by atoms with van der Waals surface area (Å²) in [5, 5.41) is 4.02. The second-order valence-electron chi connectivity index (χ2n) is 6.83. The van der Waals surface area contributed by atoms with Gasteiger partial charge in [-0.05, 0) is 6.07 Å². The monoisotopic (exact) mass is 445 g/mol. The van der Waals surface area contributed by atoms with Gasteiger partial charge in [-0.2, -0.15) is 9.31 Å². The molecule has 11 nitrogen and oxygen atoms in total. The van der Waals surface area contributed by atoms with E-state index in [9.17, 15) is 22.8 Å². The van der Waals surface area contributed by atoms with Gasteiger partial charge in [0.25, 0.3) is 11.2 Å². The second-order valence-corrected chi connectivity index (χ2v) is 9.93. The van der Waals surface area contributed by atoms with Gasteiger partial charge in [-0.25, -0.2) is 19.8 Å². The Kier molecular flexibility index (Phi) is 4.76. The highest BCUT2D eigenvalue weighted by molar-refractivity contribution is 7.92. The highest BCUT2D eigenvalue weighted by Gasteiger charge is 2.60. The number of sulfonamides is 1. The molecule has 0 amide bonds. The number of hydrogen-bond donors (Lipinski definition) is 1. The minimum Gasteiger partial charge on any atom is -0.313 e. The molecule has 30 heavy (non-hydrogen) atoms. The lowest BCUT2D eigenvalue weighted by Gasteiger charge is -2.19. The molecule has 0 saturated heterocycles. The van der Waals surface area contributed by atoms with Crippen LogP contribution in [-0.4, -0.2) is 51.2 Å². The number of rotatable bonds is 7. The maximum Gasteiger partial charge on any atom is 0.329 e. The Bertz CT molecular complexity index is 1420. The van der Waals surface area contributed by atoms with Crippen LogP contribution in [0, 0.1) is 6.57 Å². The Labute approximate surface area is 174 Å². The third kappa shape index (κ3) is 3.20. The fraction of sp³-hybridized carbons (Fsp3) is 0.312. The smallest absolute Gasteiger partial charge is 0.313 e. The molecule has 1 N–H and O–H groups in total. The fourth-order valence-electron chi connectivity index (χ4n) is 3.12. The first-order valence-corrected chi connectivity index (χ1v) is 10.9. The average molecular weight is 445 g/mol. The summed E-state index contributed by atoms with van der Waals surface area (Å²) < 4.78 is 29.2. The summed E-state index contributed by atoms with van der Waals surface area (Å²) >= 11 is 0.706. The molecule has 1 fully saturated rings. The van der Waals surface area contributed by atoms with Crippen molar-refractivity contribution in [3.8, 4) is 0 Å². The van der Waals surface area contributed by atoms with Crippen molar-refractivity contribution in [1.29, 1.82) is 0 Å². The van der Waals surface area contributed by atoms with Crippen LogP contribution < -0.4 is 11.2 Å². The topological polar surface area (TPSA) is 131 Å². The molecule has 0 atom stereocenters. The van der Waals surface area contributed by atoms with Gasteiger partial charge in [-0.3, -0.25) is 23.9 Å². The van der Waals surface area contributed by atoms with E-state index in [4.69, 9.17) is 6.57 Å². The lowest BCUT2D eigenvalue weighted by atomic mass is 9.98. The number of carbonyl (C=O) groups is 1. The van der Waals surface area contributed by atoms with Crippen LogP contribution in [0.2, 0.25) is 0 Å². The van der Waals surface area contributed by atoms with Crippen LogP contribution in [0.3, 0.4) is 0 Å². The van der Waals surface area contributed by atoms with E-state index in [-0.39, 0.29) is 21.0 Å². The maximum absolute atomic E-state index is 13.1. The second kappa shape index (κ2) is 7.04. The van der Waals surface area contributed by atoms with Gasteiger partial charge in [-0.1, -0.05) is 0 Å². The van der Waals surface area contributed by atoms with Crippen molar-refractivity contribution in [3.05, 3.63) is 56.3 Å². The Morgan fingerprint density at radius 1 is 1.47 bits per heavy atom. The van der Waals surface area contributed by atoms with E-state index < -0.39 is 26.9 Å². The van der Waals surface area contributed by atoms with E-state index >= 15 is 0 Å². The summed E-state index contributed by atoms with van der Waals surface area (Å²) in [6, 6.07) is 1.17. The molecular weight excluding hydrogens is 431 g/mol. The summed E-state index contributed by atoms with van der Waals surface area (Å²) in [6.45, 7) is 7.28. The van der Waals surface area contributed by atoms with Crippen LogP contribution in [0.4, 0.5) is 0 Å². The third-order valence-electron chi connectivity index (χ3n) is 4.77. The molecule has 1 aliphatic rings. The molecular formula is C16H14BN6O5S2. The maximum atomic E-state index is 13.1. The minimum atomic E-state index is -4.26. The number of H-pyrrole nitrogens is 1. The van der Waals surface area contributed by atoms with Crippen molar-refractivity contribution < 1.29 is 13.2 Å². The van der Waals surface area contributed by atoms with E-state index in [1.54, 1.807) is 13.2 Å². The summed E-state index contributed by atoms with van der Waals surface area (Å²) in [7, 11) is -1.75. The summed E-state index contributed by atoms with van der Waals surface area (Å²) in [5.41, 5.74) is -2.01. The van der Waals surface area contributed by atoms with Crippen molar-refractivity contribution >= 4 is 45.2 Å². The number of aromatic amines is 1. The van der Waals surface area contributed by atoms with Gasteiger partial charge < -0.3 is 4.79 Å². The number of nitrogens with one attached hydrogen (secondary N) is 1. The molecule has 1 saturated carbocycles. The molecule has 3 heterocycles. The summed E-state index contributed by atoms with van der Waals surface area (Å²) in [4.78, 5) is 42.3. The Hall–Kier alpha value is -3.02. The lowest BCUT2D eigenvalue weighted by Crippen LogP contribution is -2.43. The van der Waals surface area contributed by atoms with Crippen molar-refractivity contribution in [2.24, 2.45) is 7.05 Å². The van der Waals surface area contributed by atoms with E-state index in [0.29, 0.717) is 35.9 Å². The number of fused-ring (bicyclic) bond motifs is 1. The van der Waals surface area contributed by atoms with Gasteiger partial charge in [0.2, 0.25) is 10.0 Å². The molecule has 0 unspecified atom stereocenters. The molecule has 1 radical (unpaired) electrons. The van der Waals surface area contributed by atoms with Gasteiger partial charge in [0, 0.05) is 18.8 Å². The lowest BCUT2D eigenvalue weighted by molar-refractivity contribution is 0.481. The quantitative estimate of drug-likeness (QED) is 0.303. The van der Waals surface area contributed by atoms with E-state index in [1.165, 1.54) is 16.9 Å². The van der Waals surface area contributed by atoms with Crippen molar-refractivity contribution in [3.63, 3.8) is 0 Å². The minimum absolute atomic E-state index is 0.0260. The average Bonchev–Trinajstić information content (AvgIpc) is 3.18. The van der Waals surface area contributed by atoms with E-state index in [2.05, 4.69) is 14.9 Å². The first-order valence-electron chi connectivity index (χ1n) is 8.68. The molecule has 1 aliphatic carbocycles. The zero-order chi connectivity index (χ0) is 21.7. The molecule has 0 aliphatic heterocycles. The standard InChI is InChI=1S/C16H14BN6O5S2/c1-18-16(3-4-16)23(17-9-24)30(27,28)12-5-11-13(29-12)20-15(26)22(14(11)25)8-10-6-19-21(2)7-10/h5-7,9H,3-4,8H2,2H3,(H,20,26). The van der Waals surface area contributed by atoms with Crippen LogP contribution in [0.15, 0.2) is 32.3 Å². The van der Waals surface area contributed by atoms with Gasteiger partial charge in [0.05, 0.1) is 37.2 Å². The van der Waals surface area contributed by atoms with Crippen LogP contribution >= 0.6 is 11.3 Å². The summed E-state index contributed by atoms with van der Waals surface area (Å²) in [6.07, 6.45) is 4.09. The highest BCUT2D eigenvalue weighted by Crippen LogP contribution is 2.46. The number of hydrogen-bond acceptors (Lipinski definition) is 7. The van der Waals surface area contributed by atoms with Crippen LogP contribution in [0.1, 0.15) is 18.4 Å². The largest absolute Gasteiger partial charge is 0.329 e. The normalized spacial score (nSPS) is 15.2. The molecule has 4 rings (SSSR count). The highest BCUT2D eigenvalue weighted by atomic mass is 32.2. The summed E-state index contributed by atoms with van der Waals surface area (Å²) in [5.74, 6) is 0. The molecule has 0 aromatic carbocycles. The van der Waals surface area contributed by atoms with Gasteiger partial charge in [0.1, 0.15) is 9.04 Å². The first-order chi connectivity index (χ1) is 14.2. The molecule has 0 bridgehead atoms. The molecule has 3 aromatic heterocycles. The Morgan fingerprint density at radius 2 is 2.20 bits per heavy atom. The first kappa shape index (κ1) is 20.3. The fourth-order valence-corrected chi connectivity index (χ4v) is 6.14. The third-order valence-corrected chi connectivity index (χ3v) is 8.11. The van der Waals surface area contributed by atoms with Gasteiger partial charge >= 0.3 is 13.1 Å². The zero-order valence-electron chi connectivity index (χ0n) is 15.6. The van der Waals surface area contributed by atoms with Crippen LogP contribution in [0.25, 0.3) is 15.1 Å². The number of nitrogens with zero attached hydrogens (tertiary/aromatic N) is 5. The van der Waals surface area contributed by atoms with Crippen LogP contribution in [0.5, 0.6) is 0 Å². The number of aryl methyl sites for hydroxylation is 1. The van der Waals surface area contributed by atoms with Gasteiger partial charge in [0.15, 0.2) is 0 Å². The van der Waals surface area contributed by atoms with Crippen molar-refractivity contribution in [1.82, 2.24) is 23.5 Å². The van der Waals surface area contributed by atoms with Crippen LogP contribution in [-0.2, 0) is 28.4 Å². The van der Waals surface area contributed by atoms with Crippen molar-refractivity contribution in [2.45, 2.75) is 29.3 Å². The molecule has 153 valence electrons. The number of thiophene rings is 1. The zero-order valence-corrected chi connectivity index (χ0v) is 17.2. The van der Waals surface area contributed by atoms with E-state index in [0.717, 1.165) is 16.2 Å². The molecule has 3 aromatic rings. The Balaban J connectivity index is 1.81. The van der Waals surface area contributed by atoms with Gasteiger partial charge in [-0.15, -0.1) is 11.3 Å². The molecule has 0 spiro atoms.